The number of thioether (sulfide) groups is 1. The van der Waals surface area contributed by atoms with E-state index in [1.54, 1.807) is 11.0 Å². The second-order valence-corrected chi connectivity index (χ2v) is 10.9. The van der Waals surface area contributed by atoms with Crippen molar-refractivity contribution in [3.63, 3.8) is 0 Å². The smallest absolute Gasteiger partial charge is 0.410 e. The number of amides is 1. The maximum absolute atomic E-state index is 12.7. The van der Waals surface area contributed by atoms with Crippen molar-refractivity contribution in [3.05, 3.63) is 84.4 Å². The molecule has 1 heterocycles. The Kier molecular flexibility index (Phi) is 9.81. The van der Waals surface area contributed by atoms with Crippen molar-refractivity contribution < 1.29 is 19.1 Å². The van der Waals surface area contributed by atoms with Crippen molar-refractivity contribution >= 4 is 23.2 Å². The SMILES string of the molecule is C=CCOC(=O)N1C[C@@H](SC(=O)OC(C)(C)C)C[C@H]1CNCC(c1ccccc1)c1ccccc1. The Morgan fingerprint density at radius 2 is 1.71 bits per heavy atom. The summed E-state index contributed by atoms with van der Waals surface area (Å²) in [4.78, 5) is 26.8. The number of hydrogen-bond acceptors (Lipinski definition) is 6. The minimum absolute atomic E-state index is 0.0491. The minimum Gasteiger partial charge on any atom is -0.452 e. The Morgan fingerprint density at radius 3 is 2.26 bits per heavy atom. The second-order valence-electron chi connectivity index (χ2n) is 9.64. The summed E-state index contributed by atoms with van der Waals surface area (Å²) >= 11 is 1.16. The van der Waals surface area contributed by atoms with Gasteiger partial charge in [0.25, 0.3) is 0 Å². The highest BCUT2D eigenvalue weighted by molar-refractivity contribution is 8.13. The van der Waals surface area contributed by atoms with Gasteiger partial charge < -0.3 is 19.7 Å². The Bertz CT molecular complexity index is 922. The fourth-order valence-corrected chi connectivity index (χ4v) is 5.32. The predicted molar refractivity (Wildman–Crippen MR) is 142 cm³/mol. The fraction of sp³-hybridized carbons (Fsp3) is 0.429. The van der Waals surface area contributed by atoms with Crippen LogP contribution in [0.5, 0.6) is 0 Å². The topological polar surface area (TPSA) is 67.9 Å². The van der Waals surface area contributed by atoms with Gasteiger partial charge in [0.05, 0.1) is 0 Å². The zero-order chi connectivity index (χ0) is 25.3. The number of nitrogens with one attached hydrogen (secondary N) is 1. The van der Waals surface area contributed by atoms with Crippen molar-refractivity contribution in [3.8, 4) is 0 Å². The van der Waals surface area contributed by atoms with E-state index in [4.69, 9.17) is 9.47 Å². The van der Waals surface area contributed by atoms with Crippen molar-refractivity contribution in [2.24, 2.45) is 0 Å². The largest absolute Gasteiger partial charge is 0.452 e. The van der Waals surface area contributed by atoms with Crippen LogP contribution >= 0.6 is 11.8 Å². The molecule has 3 rings (SSSR count). The quantitative estimate of drug-likeness (QED) is 0.347. The van der Waals surface area contributed by atoms with Gasteiger partial charge in [-0.05, 0) is 50.1 Å². The van der Waals surface area contributed by atoms with Crippen LogP contribution in [-0.4, -0.2) is 59.4 Å². The molecule has 1 saturated heterocycles. The summed E-state index contributed by atoms with van der Waals surface area (Å²) in [6.45, 7) is 11.1. The Balaban J connectivity index is 1.66. The highest BCUT2D eigenvalue weighted by atomic mass is 32.2. The molecule has 0 aromatic heterocycles. The standard InChI is InChI=1S/C28H36N2O4S/c1-5-16-33-26(31)30-20-24(35-27(32)34-28(2,3)4)17-23(30)18-29-19-25(21-12-8-6-9-13-21)22-14-10-7-11-15-22/h5-15,23-25,29H,1,16-20H2,2-4H3/t23-,24-/m0/s1. The van der Waals surface area contributed by atoms with Gasteiger partial charge >= 0.3 is 11.4 Å². The molecule has 1 aliphatic rings. The number of carbonyl (C=O) groups is 2. The lowest BCUT2D eigenvalue weighted by Gasteiger charge is -2.25. The number of hydrogen-bond donors (Lipinski definition) is 1. The highest BCUT2D eigenvalue weighted by Gasteiger charge is 2.38. The van der Waals surface area contributed by atoms with E-state index in [0.29, 0.717) is 19.5 Å². The average molecular weight is 497 g/mol. The van der Waals surface area contributed by atoms with Gasteiger partial charge in [-0.2, -0.15) is 0 Å². The molecule has 1 fully saturated rings. The first-order valence-electron chi connectivity index (χ1n) is 12.0. The molecule has 1 N–H and O–H groups in total. The number of benzene rings is 2. The summed E-state index contributed by atoms with van der Waals surface area (Å²) in [5, 5.41) is 3.22. The van der Waals surface area contributed by atoms with Gasteiger partial charge in [0.1, 0.15) is 12.2 Å². The summed E-state index contributed by atoms with van der Waals surface area (Å²) in [5.41, 5.74) is 1.92. The molecule has 0 bridgehead atoms. The third-order valence-electron chi connectivity index (χ3n) is 5.72. The van der Waals surface area contributed by atoms with Gasteiger partial charge in [-0.3, -0.25) is 0 Å². The normalized spacial score (nSPS) is 17.9. The molecule has 1 aliphatic heterocycles. The van der Waals surface area contributed by atoms with E-state index >= 15 is 0 Å². The van der Waals surface area contributed by atoms with E-state index in [1.165, 1.54) is 11.1 Å². The van der Waals surface area contributed by atoms with E-state index in [9.17, 15) is 9.59 Å². The van der Waals surface area contributed by atoms with Crippen LogP contribution in [0.3, 0.4) is 0 Å². The predicted octanol–water partition coefficient (Wildman–Crippen LogP) is 5.84. The highest BCUT2D eigenvalue weighted by Crippen LogP contribution is 2.31. The first kappa shape index (κ1) is 26.8. The van der Waals surface area contributed by atoms with Gasteiger partial charge in [-0.1, -0.05) is 73.3 Å². The van der Waals surface area contributed by atoms with Crippen LogP contribution in [0, 0.1) is 0 Å². The summed E-state index contributed by atoms with van der Waals surface area (Å²) in [5.74, 6) is 0.187. The first-order chi connectivity index (χ1) is 16.8. The van der Waals surface area contributed by atoms with Crippen molar-refractivity contribution in [1.29, 1.82) is 0 Å². The molecule has 7 heteroatoms. The molecule has 0 spiro atoms. The number of nitrogens with zero attached hydrogens (tertiary/aromatic N) is 1. The Hall–Kier alpha value is -2.77. The Morgan fingerprint density at radius 1 is 1.11 bits per heavy atom. The number of ether oxygens (including phenoxy) is 2. The second kappa shape index (κ2) is 12.8. The molecule has 0 radical (unpaired) electrons. The third kappa shape index (κ3) is 8.44. The molecule has 188 valence electrons. The zero-order valence-corrected chi connectivity index (χ0v) is 21.6. The van der Waals surface area contributed by atoms with Crippen LogP contribution in [0.4, 0.5) is 9.59 Å². The molecular formula is C28H36N2O4S. The van der Waals surface area contributed by atoms with Crippen LogP contribution in [0.1, 0.15) is 44.2 Å². The zero-order valence-electron chi connectivity index (χ0n) is 20.8. The van der Waals surface area contributed by atoms with E-state index in [-0.39, 0.29) is 35.2 Å². The molecule has 6 nitrogen and oxygen atoms in total. The van der Waals surface area contributed by atoms with E-state index in [0.717, 1.165) is 18.3 Å². The van der Waals surface area contributed by atoms with Gasteiger partial charge in [0.15, 0.2) is 0 Å². The maximum atomic E-state index is 12.7. The van der Waals surface area contributed by atoms with Crippen LogP contribution in [-0.2, 0) is 9.47 Å². The summed E-state index contributed by atoms with van der Waals surface area (Å²) < 4.78 is 10.8. The summed E-state index contributed by atoms with van der Waals surface area (Å²) in [7, 11) is 0. The van der Waals surface area contributed by atoms with E-state index in [1.807, 2.05) is 32.9 Å². The lowest BCUT2D eigenvalue weighted by atomic mass is 9.91. The lowest BCUT2D eigenvalue weighted by molar-refractivity contribution is 0.0736. The summed E-state index contributed by atoms with van der Waals surface area (Å²) in [6, 6.07) is 20.7. The fourth-order valence-electron chi connectivity index (χ4n) is 4.19. The van der Waals surface area contributed by atoms with Crippen LogP contribution in [0.15, 0.2) is 73.3 Å². The molecule has 0 saturated carbocycles. The number of rotatable bonds is 9. The molecule has 2 aromatic rings. The third-order valence-corrected chi connectivity index (χ3v) is 6.67. The average Bonchev–Trinajstić information content (AvgIpc) is 3.22. The molecule has 1 amide bonds. The van der Waals surface area contributed by atoms with Crippen LogP contribution in [0.2, 0.25) is 0 Å². The van der Waals surface area contributed by atoms with Gasteiger partial charge in [-0.15, -0.1) is 0 Å². The maximum Gasteiger partial charge on any atom is 0.410 e. The van der Waals surface area contributed by atoms with Gasteiger partial charge in [-0.25, -0.2) is 9.59 Å². The summed E-state index contributed by atoms with van der Waals surface area (Å²) in [6.07, 6.45) is 1.85. The molecular weight excluding hydrogens is 460 g/mol. The lowest BCUT2D eigenvalue weighted by Crippen LogP contribution is -2.42. The van der Waals surface area contributed by atoms with Crippen molar-refractivity contribution in [2.45, 2.75) is 50.0 Å². The first-order valence-corrected chi connectivity index (χ1v) is 12.9. The minimum atomic E-state index is -0.546. The number of likely N-dealkylation sites (tertiary alicyclic amines) is 1. The van der Waals surface area contributed by atoms with Gasteiger partial charge in [0.2, 0.25) is 0 Å². The van der Waals surface area contributed by atoms with Crippen molar-refractivity contribution in [1.82, 2.24) is 10.2 Å². The van der Waals surface area contributed by atoms with Crippen LogP contribution < -0.4 is 5.32 Å². The van der Waals surface area contributed by atoms with Crippen molar-refractivity contribution in [2.75, 3.05) is 26.2 Å². The Labute approximate surface area is 213 Å². The molecule has 0 unspecified atom stereocenters. The van der Waals surface area contributed by atoms with Gasteiger partial charge in [0, 0.05) is 36.8 Å². The molecule has 35 heavy (non-hydrogen) atoms. The monoisotopic (exact) mass is 496 g/mol. The van der Waals surface area contributed by atoms with E-state index in [2.05, 4.69) is 60.4 Å². The van der Waals surface area contributed by atoms with Crippen LogP contribution in [0.25, 0.3) is 0 Å². The van der Waals surface area contributed by atoms with E-state index < -0.39 is 5.60 Å². The molecule has 2 atom stereocenters. The molecule has 2 aromatic carbocycles. The molecule has 0 aliphatic carbocycles. The number of carbonyl (C=O) groups excluding carboxylic acids is 2.